The summed E-state index contributed by atoms with van der Waals surface area (Å²) in [4.78, 5) is 13.0. The highest BCUT2D eigenvalue weighted by atomic mass is 32.2. The number of hydrogen-bond acceptors (Lipinski definition) is 4. The number of hydrogen-bond donors (Lipinski definition) is 1. The molecule has 1 saturated heterocycles. The van der Waals surface area contributed by atoms with E-state index in [0.29, 0.717) is 44.0 Å². The largest absolute Gasteiger partial charge is 0.481 e. The van der Waals surface area contributed by atoms with Gasteiger partial charge >= 0.3 is 5.97 Å². The summed E-state index contributed by atoms with van der Waals surface area (Å²) in [7, 11) is -3.50. The first-order valence-electron chi connectivity index (χ1n) is 8.40. The van der Waals surface area contributed by atoms with Crippen LogP contribution in [-0.4, -0.2) is 61.4 Å². The van der Waals surface area contributed by atoms with E-state index in [9.17, 15) is 13.2 Å². The average molecular weight is 362 g/mol. The van der Waals surface area contributed by atoms with Crippen molar-refractivity contribution in [3.63, 3.8) is 0 Å². The number of carbonyl (C=O) groups is 1. The second kappa shape index (κ2) is 7.51. The van der Waals surface area contributed by atoms with Gasteiger partial charge in [0.15, 0.2) is 0 Å². The van der Waals surface area contributed by atoms with Gasteiger partial charge < -0.3 is 10.0 Å². The van der Waals surface area contributed by atoms with Crippen molar-refractivity contribution in [3.05, 3.63) is 42.5 Å². The lowest BCUT2D eigenvalue weighted by molar-refractivity contribution is -0.137. The topological polar surface area (TPSA) is 77.9 Å². The van der Waals surface area contributed by atoms with Gasteiger partial charge in [-0.25, -0.2) is 8.42 Å². The number of nitrogens with zero attached hydrogens (tertiary/aromatic N) is 2. The van der Waals surface area contributed by atoms with Crippen molar-refractivity contribution < 1.29 is 18.3 Å². The molecular formula is C18H22N2O4S. The van der Waals surface area contributed by atoms with E-state index in [1.165, 1.54) is 4.31 Å². The van der Waals surface area contributed by atoms with Gasteiger partial charge in [-0.15, -0.1) is 0 Å². The predicted octanol–water partition coefficient (Wildman–Crippen LogP) is 2.01. The predicted molar refractivity (Wildman–Crippen MR) is 96.0 cm³/mol. The fourth-order valence-corrected chi connectivity index (χ4v) is 4.58. The van der Waals surface area contributed by atoms with E-state index < -0.39 is 16.0 Å². The monoisotopic (exact) mass is 362 g/mol. The molecule has 2 aromatic rings. The quantitative estimate of drug-likeness (QED) is 0.850. The average Bonchev–Trinajstić information content (AvgIpc) is 2.61. The molecule has 7 heteroatoms. The van der Waals surface area contributed by atoms with Crippen LogP contribution in [0.3, 0.4) is 0 Å². The van der Waals surface area contributed by atoms with Gasteiger partial charge in [-0.05, 0) is 35.9 Å². The number of carboxylic acid groups (broad SMARTS) is 1. The number of fused-ring (bicyclic) bond motifs is 1. The van der Waals surface area contributed by atoms with Crippen molar-refractivity contribution in [2.24, 2.45) is 0 Å². The first-order chi connectivity index (χ1) is 12.0. The van der Waals surface area contributed by atoms with Crippen molar-refractivity contribution in [1.29, 1.82) is 0 Å². The Kier molecular flexibility index (Phi) is 5.36. The van der Waals surface area contributed by atoms with Crippen molar-refractivity contribution in [3.8, 4) is 0 Å². The third-order valence-electron chi connectivity index (χ3n) is 4.55. The molecule has 1 N–H and O–H groups in total. The molecule has 1 fully saturated rings. The van der Waals surface area contributed by atoms with Crippen LogP contribution >= 0.6 is 0 Å². The van der Waals surface area contributed by atoms with Gasteiger partial charge in [0.25, 0.3) is 0 Å². The van der Waals surface area contributed by atoms with Gasteiger partial charge in [-0.1, -0.05) is 30.3 Å². The van der Waals surface area contributed by atoms with Crippen LogP contribution in [0.1, 0.15) is 12.8 Å². The zero-order valence-corrected chi connectivity index (χ0v) is 14.8. The molecule has 0 spiro atoms. The second-order valence-corrected chi connectivity index (χ2v) is 8.19. The fraction of sp³-hybridized carbons (Fsp3) is 0.389. The minimum absolute atomic E-state index is 0.148. The highest BCUT2D eigenvalue weighted by Crippen LogP contribution is 2.22. The molecule has 0 aliphatic carbocycles. The van der Waals surface area contributed by atoms with Crippen LogP contribution in [0, 0.1) is 0 Å². The van der Waals surface area contributed by atoms with E-state index >= 15 is 0 Å². The highest BCUT2D eigenvalue weighted by Gasteiger charge is 2.28. The molecule has 0 bridgehead atoms. The van der Waals surface area contributed by atoms with Crippen LogP contribution in [0.5, 0.6) is 0 Å². The molecule has 0 atom stereocenters. The molecule has 1 aliphatic rings. The maximum absolute atomic E-state index is 12.9. The van der Waals surface area contributed by atoms with Crippen LogP contribution in [0.2, 0.25) is 0 Å². The third-order valence-corrected chi connectivity index (χ3v) is 6.45. The summed E-state index contributed by atoms with van der Waals surface area (Å²) >= 11 is 0. The SMILES string of the molecule is O=C(O)CCCN1CCN(S(=O)(=O)c2ccc3ccccc3c2)CC1. The third kappa shape index (κ3) is 4.18. The number of aliphatic carboxylic acids is 1. The minimum Gasteiger partial charge on any atom is -0.481 e. The molecule has 0 saturated carbocycles. The van der Waals surface area contributed by atoms with Crippen LogP contribution in [-0.2, 0) is 14.8 Å². The molecule has 0 amide bonds. The maximum atomic E-state index is 12.9. The van der Waals surface area contributed by atoms with Gasteiger partial charge in [0, 0.05) is 32.6 Å². The molecule has 1 aliphatic heterocycles. The van der Waals surface area contributed by atoms with E-state index in [0.717, 1.165) is 10.8 Å². The fourth-order valence-electron chi connectivity index (χ4n) is 3.12. The number of piperazine rings is 1. The van der Waals surface area contributed by atoms with E-state index in [4.69, 9.17) is 5.11 Å². The van der Waals surface area contributed by atoms with Crippen molar-refractivity contribution >= 4 is 26.8 Å². The Morgan fingerprint density at radius 1 is 1.00 bits per heavy atom. The molecule has 2 aromatic carbocycles. The molecule has 134 valence electrons. The molecule has 3 rings (SSSR count). The lowest BCUT2D eigenvalue weighted by Crippen LogP contribution is -2.48. The molecule has 25 heavy (non-hydrogen) atoms. The Morgan fingerprint density at radius 2 is 1.68 bits per heavy atom. The van der Waals surface area contributed by atoms with Crippen LogP contribution < -0.4 is 0 Å². The van der Waals surface area contributed by atoms with Crippen LogP contribution in [0.25, 0.3) is 10.8 Å². The van der Waals surface area contributed by atoms with Gasteiger partial charge in [0.05, 0.1) is 4.90 Å². The second-order valence-electron chi connectivity index (χ2n) is 6.25. The smallest absolute Gasteiger partial charge is 0.303 e. The first kappa shape index (κ1) is 17.8. The van der Waals surface area contributed by atoms with Crippen molar-refractivity contribution in [2.75, 3.05) is 32.7 Å². The molecule has 1 heterocycles. The maximum Gasteiger partial charge on any atom is 0.303 e. The Morgan fingerprint density at radius 3 is 2.36 bits per heavy atom. The van der Waals surface area contributed by atoms with Crippen LogP contribution in [0.15, 0.2) is 47.4 Å². The van der Waals surface area contributed by atoms with Gasteiger partial charge in [-0.3, -0.25) is 4.79 Å². The van der Waals surface area contributed by atoms with Crippen LogP contribution in [0.4, 0.5) is 0 Å². The highest BCUT2D eigenvalue weighted by molar-refractivity contribution is 7.89. The lowest BCUT2D eigenvalue weighted by atomic mass is 10.1. The summed E-state index contributed by atoms with van der Waals surface area (Å²) in [5.41, 5.74) is 0. The molecule has 0 radical (unpaired) electrons. The summed E-state index contributed by atoms with van der Waals surface area (Å²) in [5, 5.41) is 10.6. The Bertz CT molecular complexity index is 858. The zero-order valence-electron chi connectivity index (χ0n) is 14.0. The zero-order chi connectivity index (χ0) is 17.9. The van der Waals surface area contributed by atoms with Gasteiger partial charge in [0.1, 0.15) is 0 Å². The summed E-state index contributed by atoms with van der Waals surface area (Å²) in [6.45, 7) is 2.82. The number of benzene rings is 2. The number of rotatable bonds is 6. The van der Waals surface area contributed by atoms with Crippen molar-refractivity contribution in [1.82, 2.24) is 9.21 Å². The van der Waals surface area contributed by atoms with Gasteiger partial charge in [0.2, 0.25) is 10.0 Å². The summed E-state index contributed by atoms with van der Waals surface area (Å²) in [6, 6.07) is 12.9. The Hall–Kier alpha value is -1.96. The Labute approximate surface area is 147 Å². The molecule has 6 nitrogen and oxygen atoms in total. The first-order valence-corrected chi connectivity index (χ1v) is 9.84. The summed E-state index contributed by atoms with van der Waals surface area (Å²) in [5.74, 6) is -0.794. The molecular weight excluding hydrogens is 340 g/mol. The van der Waals surface area contributed by atoms with Gasteiger partial charge in [-0.2, -0.15) is 4.31 Å². The van der Waals surface area contributed by atoms with E-state index in [2.05, 4.69) is 4.90 Å². The Balaban J connectivity index is 1.65. The molecule has 0 aromatic heterocycles. The van der Waals surface area contributed by atoms with E-state index in [1.807, 2.05) is 30.3 Å². The lowest BCUT2D eigenvalue weighted by Gasteiger charge is -2.33. The van der Waals surface area contributed by atoms with E-state index in [-0.39, 0.29) is 6.42 Å². The number of carboxylic acids is 1. The normalized spacial score (nSPS) is 17.0. The molecule has 0 unspecified atom stereocenters. The van der Waals surface area contributed by atoms with Crippen molar-refractivity contribution in [2.45, 2.75) is 17.7 Å². The van der Waals surface area contributed by atoms with E-state index in [1.54, 1.807) is 12.1 Å². The minimum atomic E-state index is -3.50. The summed E-state index contributed by atoms with van der Waals surface area (Å²) in [6.07, 6.45) is 0.738. The number of sulfonamides is 1. The standard InChI is InChI=1S/C18H22N2O4S/c21-18(22)6-3-9-19-10-12-20(13-11-19)25(23,24)17-8-7-15-4-1-2-5-16(15)14-17/h1-2,4-5,7-8,14H,3,6,9-13H2,(H,21,22). The summed E-state index contributed by atoms with van der Waals surface area (Å²) < 4.78 is 27.3.